The van der Waals surface area contributed by atoms with E-state index in [2.05, 4.69) is 11.9 Å². The van der Waals surface area contributed by atoms with Crippen molar-refractivity contribution in [2.75, 3.05) is 6.61 Å². The van der Waals surface area contributed by atoms with Gasteiger partial charge in [-0.1, -0.05) is 6.08 Å². The van der Waals surface area contributed by atoms with Crippen molar-refractivity contribution in [3.63, 3.8) is 0 Å². The Kier molecular flexibility index (Phi) is 2.91. The summed E-state index contributed by atoms with van der Waals surface area (Å²) in [6.07, 6.45) is 3.91. The molecule has 0 aliphatic carbocycles. The van der Waals surface area contributed by atoms with Gasteiger partial charge in [0.1, 0.15) is 0 Å². The number of ether oxygens (including phenoxy) is 1. The van der Waals surface area contributed by atoms with Crippen molar-refractivity contribution in [3.05, 3.63) is 24.5 Å². The molecule has 1 heterocycles. The number of rotatable bonds is 3. The summed E-state index contributed by atoms with van der Waals surface area (Å²) in [7, 11) is 0. The lowest BCUT2D eigenvalue weighted by molar-refractivity contribution is -0.117. The number of hydrogen-bond acceptors (Lipinski definition) is 2. The third kappa shape index (κ3) is 2.12. The largest absolute Gasteiger partial charge is 0.500 e. The lowest BCUT2D eigenvalue weighted by Crippen LogP contribution is -2.31. The molecule has 0 aromatic carbocycles. The van der Waals surface area contributed by atoms with Gasteiger partial charge in [0, 0.05) is 12.5 Å². The normalized spacial score (nSPS) is 17.6. The molecular formula is C9H13NO2. The molecule has 1 amide bonds. The maximum atomic E-state index is 11.3. The minimum atomic E-state index is -0.0556. The van der Waals surface area contributed by atoms with Crippen LogP contribution in [0.1, 0.15) is 13.3 Å². The summed E-state index contributed by atoms with van der Waals surface area (Å²) in [5.41, 5.74) is 0.712. The van der Waals surface area contributed by atoms with Gasteiger partial charge in [-0.2, -0.15) is 0 Å². The van der Waals surface area contributed by atoms with Gasteiger partial charge in [-0.15, -0.1) is 6.58 Å². The van der Waals surface area contributed by atoms with E-state index in [0.29, 0.717) is 18.6 Å². The van der Waals surface area contributed by atoms with E-state index in [9.17, 15) is 4.79 Å². The van der Waals surface area contributed by atoms with Crippen LogP contribution in [0.2, 0.25) is 0 Å². The Hall–Kier alpha value is -1.25. The highest BCUT2D eigenvalue weighted by molar-refractivity contribution is 5.93. The first kappa shape index (κ1) is 8.84. The predicted octanol–water partition coefficient (Wildman–Crippen LogP) is 0.981. The zero-order valence-electron chi connectivity index (χ0n) is 7.17. The van der Waals surface area contributed by atoms with Crippen LogP contribution in [0.3, 0.4) is 0 Å². The second-order valence-corrected chi connectivity index (χ2v) is 2.76. The van der Waals surface area contributed by atoms with E-state index < -0.39 is 0 Å². The molecule has 3 heteroatoms. The van der Waals surface area contributed by atoms with Crippen LogP contribution >= 0.6 is 0 Å². The van der Waals surface area contributed by atoms with Crippen LogP contribution < -0.4 is 5.32 Å². The summed E-state index contributed by atoms with van der Waals surface area (Å²) >= 11 is 0. The van der Waals surface area contributed by atoms with E-state index >= 15 is 0 Å². The third-order valence-corrected chi connectivity index (χ3v) is 1.72. The quantitative estimate of drug-likeness (QED) is 0.636. The molecule has 0 spiro atoms. The standard InChI is InChI=1S/C9H13NO2/c1-3-7(2)10-9(11)8-4-5-12-6-8/h3,6-7H,1,4-5H2,2H3,(H,10,11). The second-order valence-electron chi connectivity index (χ2n) is 2.76. The van der Waals surface area contributed by atoms with Crippen LogP contribution in [-0.2, 0) is 9.53 Å². The minimum Gasteiger partial charge on any atom is -0.500 e. The molecule has 1 unspecified atom stereocenters. The first-order valence-electron chi connectivity index (χ1n) is 3.98. The molecule has 1 N–H and O–H groups in total. The Morgan fingerprint density at radius 2 is 2.67 bits per heavy atom. The van der Waals surface area contributed by atoms with E-state index in [-0.39, 0.29) is 11.9 Å². The van der Waals surface area contributed by atoms with Crippen molar-refractivity contribution in [2.24, 2.45) is 0 Å². The SMILES string of the molecule is C=CC(C)NC(=O)C1=COCC1. The summed E-state index contributed by atoms with van der Waals surface area (Å²) < 4.78 is 4.94. The summed E-state index contributed by atoms with van der Waals surface area (Å²) in [4.78, 5) is 11.3. The Balaban J connectivity index is 2.42. The average Bonchev–Trinajstić information content (AvgIpc) is 2.56. The summed E-state index contributed by atoms with van der Waals surface area (Å²) in [5, 5.41) is 2.77. The smallest absolute Gasteiger partial charge is 0.250 e. The van der Waals surface area contributed by atoms with Gasteiger partial charge in [0.05, 0.1) is 18.4 Å². The van der Waals surface area contributed by atoms with Gasteiger partial charge in [0.25, 0.3) is 5.91 Å². The molecule has 1 aliphatic rings. The van der Waals surface area contributed by atoms with Gasteiger partial charge in [-0.3, -0.25) is 4.79 Å². The summed E-state index contributed by atoms with van der Waals surface area (Å²) in [6, 6.07) is 0.0130. The van der Waals surface area contributed by atoms with Crippen molar-refractivity contribution in [2.45, 2.75) is 19.4 Å². The summed E-state index contributed by atoms with van der Waals surface area (Å²) in [6.45, 7) is 6.07. The lowest BCUT2D eigenvalue weighted by atomic mass is 10.2. The fourth-order valence-electron chi connectivity index (χ4n) is 0.913. The van der Waals surface area contributed by atoms with Gasteiger partial charge in [0.15, 0.2) is 0 Å². The maximum absolute atomic E-state index is 11.3. The Bertz CT molecular complexity index is 221. The van der Waals surface area contributed by atoms with E-state index in [1.54, 1.807) is 6.08 Å². The van der Waals surface area contributed by atoms with Gasteiger partial charge in [-0.05, 0) is 6.92 Å². The van der Waals surface area contributed by atoms with Crippen molar-refractivity contribution in [3.8, 4) is 0 Å². The number of nitrogens with one attached hydrogen (secondary N) is 1. The monoisotopic (exact) mass is 167 g/mol. The van der Waals surface area contributed by atoms with Crippen LogP contribution in [-0.4, -0.2) is 18.6 Å². The number of carbonyl (C=O) groups is 1. The third-order valence-electron chi connectivity index (χ3n) is 1.72. The van der Waals surface area contributed by atoms with Crippen LogP contribution in [0.5, 0.6) is 0 Å². The van der Waals surface area contributed by atoms with Crippen molar-refractivity contribution >= 4 is 5.91 Å². The summed E-state index contributed by atoms with van der Waals surface area (Å²) in [5.74, 6) is -0.0556. The molecule has 0 bridgehead atoms. The fraction of sp³-hybridized carbons (Fsp3) is 0.444. The molecule has 0 aromatic heterocycles. The van der Waals surface area contributed by atoms with Crippen LogP contribution in [0.15, 0.2) is 24.5 Å². The molecule has 12 heavy (non-hydrogen) atoms. The number of hydrogen-bond donors (Lipinski definition) is 1. The molecule has 0 radical (unpaired) electrons. The molecular weight excluding hydrogens is 154 g/mol. The molecule has 1 rings (SSSR count). The second kappa shape index (κ2) is 3.95. The number of amides is 1. The first-order valence-corrected chi connectivity index (χ1v) is 3.98. The van der Waals surface area contributed by atoms with Gasteiger partial charge < -0.3 is 10.1 Å². The van der Waals surface area contributed by atoms with E-state index in [1.807, 2.05) is 6.92 Å². The highest BCUT2D eigenvalue weighted by Gasteiger charge is 2.14. The molecule has 1 aliphatic heterocycles. The van der Waals surface area contributed by atoms with E-state index in [4.69, 9.17) is 4.74 Å². The van der Waals surface area contributed by atoms with Gasteiger partial charge in [-0.25, -0.2) is 0 Å². The highest BCUT2D eigenvalue weighted by Crippen LogP contribution is 2.09. The molecule has 1 atom stereocenters. The van der Waals surface area contributed by atoms with Gasteiger partial charge in [0.2, 0.25) is 0 Å². The molecule has 0 aromatic rings. The Morgan fingerprint density at radius 3 is 3.17 bits per heavy atom. The van der Waals surface area contributed by atoms with Crippen molar-refractivity contribution in [1.82, 2.24) is 5.32 Å². The topological polar surface area (TPSA) is 38.3 Å². The van der Waals surface area contributed by atoms with Crippen molar-refractivity contribution < 1.29 is 9.53 Å². The van der Waals surface area contributed by atoms with Crippen molar-refractivity contribution in [1.29, 1.82) is 0 Å². The molecule has 0 saturated heterocycles. The fourth-order valence-corrected chi connectivity index (χ4v) is 0.913. The van der Waals surface area contributed by atoms with Crippen LogP contribution in [0.25, 0.3) is 0 Å². The zero-order valence-corrected chi connectivity index (χ0v) is 7.17. The Morgan fingerprint density at radius 1 is 1.92 bits per heavy atom. The van der Waals surface area contributed by atoms with E-state index in [1.165, 1.54) is 6.26 Å². The first-order chi connectivity index (χ1) is 5.74. The molecule has 3 nitrogen and oxygen atoms in total. The van der Waals surface area contributed by atoms with Gasteiger partial charge >= 0.3 is 0 Å². The molecule has 0 fully saturated rings. The molecule has 0 saturated carbocycles. The molecule has 66 valence electrons. The highest BCUT2D eigenvalue weighted by atomic mass is 16.5. The van der Waals surface area contributed by atoms with Crippen LogP contribution in [0, 0.1) is 0 Å². The predicted molar refractivity (Wildman–Crippen MR) is 46.5 cm³/mol. The Labute approximate surface area is 72.1 Å². The van der Waals surface area contributed by atoms with E-state index in [0.717, 1.165) is 0 Å². The van der Waals surface area contributed by atoms with Crippen LogP contribution in [0.4, 0.5) is 0 Å². The average molecular weight is 167 g/mol. The minimum absolute atomic E-state index is 0.0130. The maximum Gasteiger partial charge on any atom is 0.250 e. The zero-order chi connectivity index (χ0) is 8.97. The number of carbonyl (C=O) groups excluding carboxylic acids is 1. The lowest BCUT2D eigenvalue weighted by Gasteiger charge is -2.08.